The van der Waals surface area contributed by atoms with E-state index in [0.717, 1.165) is 4.90 Å². The fraction of sp³-hybridized carbons (Fsp3) is 0.308. The Labute approximate surface area is 104 Å². The van der Waals surface area contributed by atoms with Gasteiger partial charge in [0.05, 0.1) is 16.7 Å². The number of rotatable bonds is 1. The van der Waals surface area contributed by atoms with Crippen LogP contribution in [0.25, 0.3) is 0 Å². The predicted octanol–water partition coefficient (Wildman–Crippen LogP) is 1.54. The number of carboxylic acid groups (broad SMARTS) is 1. The van der Waals surface area contributed by atoms with Crippen molar-refractivity contribution in [3.63, 3.8) is 0 Å². The van der Waals surface area contributed by atoms with Gasteiger partial charge < -0.3 is 5.11 Å². The summed E-state index contributed by atoms with van der Waals surface area (Å²) in [7, 11) is 1.40. The van der Waals surface area contributed by atoms with Crippen molar-refractivity contribution in [2.24, 2.45) is 0 Å². The molecule has 0 bridgehead atoms. The molecule has 1 aliphatic heterocycles. The van der Waals surface area contributed by atoms with Crippen LogP contribution in [0.15, 0.2) is 0 Å². The molecule has 0 radical (unpaired) electrons. The second-order valence-electron chi connectivity index (χ2n) is 4.47. The summed E-state index contributed by atoms with van der Waals surface area (Å²) in [5, 5.41) is 9.21. The molecule has 0 aliphatic carbocycles. The van der Waals surface area contributed by atoms with Gasteiger partial charge >= 0.3 is 5.97 Å². The van der Waals surface area contributed by atoms with Gasteiger partial charge in [0.25, 0.3) is 11.8 Å². The summed E-state index contributed by atoms with van der Waals surface area (Å²) in [5.74, 6) is -1.88. The van der Waals surface area contributed by atoms with Crippen LogP contribution < -0.4 is 0 Å². The van der Waals surface area contributed by atoms with E-state index in [0.29, 0.717) is 22.3 Å². The summed E-state index contributed by atoms with van der Waals surface area (Å²) in [6.07, 6.45) is 0. The van der Waals surface area contributed by atoms with E-state index in [2.05, 4.69) is 0 Å². The highest BCUT2D eigenvalue weighted by atomic mass is 16.4. The van der Waals surface area contributed by atoms with Crippen LogP contribution in [-0.2, 0) is 0 Å². The standard InChI is InChI=1S/C13H13NO4/c1-5-6(2)9-10(7(3)8(5)13(17)18)12(16)14(4)11(9)15/h1-4H3,(H,17,18). The number of nitrogens with zero attached hydrogens (tertiary/aromatic N) is 1. The van der Waals surface area contributed by atoms with Gasteiger partial charge in [0.15, 0.2) is 0 Å². The van der Waals surface area contributed by atoms with E-state index in [9.17, 15) is 19.5 Å². The van der Waals surface area contributed by atoms with Crippen molar-refractivity contribution in [1.82, 2.24) is 4.90 Å². The average Bonchev–Trinajstić information content (AvgIpc) is 2.51. The molecule has 18 heavy (non-hydrogen) atoms. The highest BCUT2D eigenvalue weighted by Crippen LogP contribution is 2.32. The highest BCUT2D eigenvalue weighted by molar-refractivity contribution is 6.23. The van der Waals surface area contributed by atoms with Crippen molar-refractivity contribution < 1.29 is 19.5 Å². The van der Waals surface area contributed by atoms with E-state index in [1.807, 2.05) is 0 Å². The Morgan fingerprint density at radius 1 is 0.944 bits per heavy atom. The Morgan fingerprint density at radius 2 is 1.39 bits per heavy atom. The van der Waals surface area contributed by atoms with E-state index in [1.165, 1.54) is 7.05 Å². The minimum absolute atomic E-state index is 0.114. The molecule has 0 saturated heterocycles. The van der Waals surface area contributed by atoms with Crippen molar-refractivity contribution in [1.29, 1.82) is 0 Å². The molecule has 0 atom stereocenters. The molecule has 2 amide bonds. The van der Waals surface area contributed by atoms with Gasteiger partial charge in [-0.2, -0.15) is 0 Å². The molecule has 1 heterocycles. The van der Waals surface area contributed by atoms with Crippen molar-refractivity contribution in [3.05, 3.63) is 33.4 Å². The fourth-order valence-corrected chi connectivity index (χ4v) is 2.44. The average molecular weight is 247 g/mol. The smallest absolute Gasteiger partial charge is 0.336 e. The largest absolute Gasteiger partial charge is 0.478 e. The van der Waals surface area contributed by atoms with Gasteiger partial charge in [0.1, 0.15) is 0 Å². The molecule has 0 unspecified atom stereocenters. The highest BCUT2D eigenvalue weighted by Gasteiger charge is 2.38. The van der Waals surface area contributed by atoms with E-state index in [1.54, 1.807) is 20.8 Å². The zero-order valence-corrected chi connectivity index (χ0v) is 10.6. The Hall–Kier alpha value is -2.17. The Morgan fingerprint density at radius 3 is 1.83 bits per heavy atom. The molecule has 0 aromatic heterocycles. The Kier molecular flexibility index (Phi) is 2.50. The molecule has 0 spiro atoms. The first-order valence-electron chi connectivity index (χ1n) is 5.48. The van der Waals surface area contributed by atoms with E-state index in [-0.39, 0.29) is 17.0 Å². The summed E-state index contributed by atoms with van der Waals surface area (Å²) in [6, 6.07) is 0. The molecule has 0 saturated carbocycles. The summed E-state index contributed by atoms with van der Waals surface area (Å²) in [5.41, 5.74) is 2.14. The number of aromatic carboxylic acids is 1. The van der Waals surface area contributed by atoms with Gasteiger partial charge in [-0.05, 0) is 37.5 Å². The first-order chi connectivity index (χ1) is 8.29. The quantitative estimate of drug-likeness (QED) is 0.764. The summed E-state index contributed by atoms with van der Waals surface area (Å²) in [4.78, 5) is 36.2. The molecule has 1 aromatic carbocycles. The normalized spacial score (nSPS) is 14.1. The summed E-state index contributed by atoms with van der Waals surface area (Å²) in [6.45, 7) is 4.89. The summed E-state index contributed by atoms with van der Waals surface area (Å²) < 4.78 is 0. The number of benzene rings is 1. The predicted molar refractivity (Wildman–Crippen MR) is 64.0 cm³/mol. The van der Waals surface area contributed by atoms with E-state index < -0.39 is 11.9 Å². The van der Waals surface area contributed by atoms with Crippen molar-refractivity contribution in [3.8, 4) is 0 Å². The maximum atomic E-state index is 12.0. The molecular weight excluding hydrogens is 234 g/mol. The third-order valence-corrected chi connectivity index (χ3v) is 3.56. The lowest BCUT2D eigenvalue weighted by atomic mass is 9.89. The second kappa shape index (κ2) is 3.66. The van der Waals surface area contributed by atoms with Crippen molar-refractivity contribution >= 4 is 17.8 Å². The lowest BCUT2D eigenvalue weighted by Gasteiger charge is -2.12. The molecule has 1 aromatic rings. The number of carbonyl (C=O) groups is 3. The number of hydrogen-bond donors (Lipinski definition) is 1. The van der Waals surface area contributed by atoms with Crippen LogP contribution in [0.3, 0.4) is 0 Å². The molecule has 1 aliphatic rings. The Bertz CT molecular complexity index is 616. The van der Waals surface area contributed by atoms with Crippen LogP contribution >= 0.6 is 0 Å². The van der Waals surface area contributed by atoms with Crippen LogP contribution in [0.4, 0.5) is 0 Å². The van der Waals surface area contributed by atoms with Gasteiger partial charge in [0, 0.05) is 7.05 Å². The Balaban J connectivity index is 2.94. The van der Waals surface area contributed by atoms with Crippen LogP contribution in [-0.4, -0.2) is 34.8 Å². The minimum atomic E-state index is -1.08. The van der Waals surface area contributed by atoms with Gasteiger partial charge in [-0.1, -0.05) is 0 Å². The van der Waals surface area contributed by atoms with Crippen LogP contribution in [0.1, 0.15) is 47.8 Å². The van der Waals surface area contributed by atoms with E-state index in [4.69, 9.17) is 0 Å². The number of imide groups is 1. The van der Waals surface area contributed by atoms with Gasteiger partial charge in [0.2, 0.25) is 0 Å². The lowest BCUT2D eigenvalue weighted by molar-refractivity contribution is 0.0684. The molecule has 5 heteroatoms. The fourth-order valence-electron chi connectivity index (χ4n) is 2.44. The number of amides is 2. The number of carboxylic acids is 1. The number of fused-ring (bicyclic) bond motifs is 1. The second-order valence-corrected chi connectivity index (χ2v) is 4.47. The van der Waals surface area contributed by atoms with E-state index >= 15 is 0 Å². The maximum absolute atomic E-state index is 12.0. The first kappa shape index (κ1) is 12.3. The monoisotopic (exact) mass is 247 g/mol. The zero-order valence-electron chi connectivity index (χ0n) is 10.6. The third-order valence-electron chi connectivity index (χ3n) is 3.56. The van der Waals surface area contributed by atoms with Crippen LogP contribution in [0.2, 0.25) is 0 Å². The van der Waals surface area contributed by atoms with Crippen molar-refractivity contribution in [2.75, 3.05) is 7.05 Å². The zero-order chi connectivity index (χ0) is 13.8. The topological polar surface area (TPSA) is 74.7 Å². The molecule has 0 fully saturated rings. The molecule has 5 nitrogen and oxygen atoms in total. The third kappa shape index (κ3) is 1.30. The molecule has 94 valence electrons. The SMILES string of the molecule is Cc1c(C)c2c(c(C)c1C(=O)O)C(=O)N(C)C2=O. The first-order valence-corrected chi connectivity index (χ1v) is 5.48. The molecule has 1 N–H and O–H groups in total. The molecule has 2 rings (SSSR count). The minimum Gasteiger partial charge on any atom is -0.478 e. The molecular formula is C13H13NO4. The lowest BCUT2D eigenvalue weighted by Crippen LogP contribution is -2.24. The van der Waals surface area contributed by atoms with Crippen LogP contribution in [0, 0.1) is 20.8 Å². The number of carbonyl (C=O) groups excluding carboxylic acids is 2. The van der Waals surface area contributed by atoms with Gasteiger partial charge in [-0.3, -0.25) is 14.5 Å². The summed E-state index contributed by atoms with van der Waals surface area (Å²) >= 11 is 0. The van der Waals surface area contributed by atoms with Gasteiger partial charge in [-0.25, -0.2) is 4.79 Å². The number of hydrogen-bond acceptors (Lipinski definition) is 3. The van der Waals surface area contributed by atoms with Gasteiger partial charge in [-0.15, -0.1) is 0 Å². The maximum Gasteiger partial charge on any atom is 0.336 e. The van der Waals surface area contributed by atoms with Crippen LogP contribution in [0.5, 0.6) is 0 Å². The van der Waals surface area contributed by atoms with Crippen molar-refractivity contribution in [2.45, 2.75) is 20.8 Å².